The Kier molecular flexibility index (Phi) is 17.4. The zero-order valence-corrected chi connectivity index (χ0v) is 63.4. The number of hydrogen-bond donors (Lipinski definition) is 0. The average molecular weight is 1360 g/mol. The first-order valence-corrected chi connectivity index (χ1v) is 37.1. The van der Waals surface area contributed by atoms with Gasteiger partial charge in [-0.1, -0.05) is 322 Å². The number of nitrogens with zero attached hydrogens (tertiary/aromatic N) is 4. The van der Waals surface area contributed by atoms with Crippen molar-refractivity contribution in [1.82, 2.24) is 0 Å². The predicted octanol–water partition coefficient (Wildman–Crippen LogP) is 26.0. The Balaban J connectivity index is 1.16. The lowest BCUT2D eigenvalue weighted by molar-refractivity contribution is 0.568. The molecule has 0 bridgehead atoms. The fourth-order valence-electron chi connectivity index (χ4n) is 15.5. The van der Waals surface area contributed by atoms with Crippen molar-refractivity contribution in [1.29, 1.82) is 5.26 Å². The van der Waals surface area contributed by atoms with Crippen LogP contribution in [0.3, 0.4) is 0 Å². The van der Waals surface area contributed by atoms with Crippen LogP contribution >= 0.6 is 0 Å². The predicted molar refractivity (Wildman–Crippen MR) is 448 cm³/mol. The minimum absolute atomic E-state index is 0.194. The maximum Gasteiger partial charge on any atom is 0.252 e. The molecule has 2 aliphatic heterocycles. The summed E-state index contributed by atoms with van der Waals surface area (Å²) in [5.74, 6) is 0. The lowest BCUT2D eigenvalue weighted by Crippen LogP contribution is -2.61. The topological polar surface area (TPSA) is 34.6 Å². The Labute approximate surface area is 623 Å². The van der Waals surface area contributed by atoms with Gasteiger partial charge in [-0.3, -0.25) is 0 Å². The Hall–Kier alpha value is -11.5. The third kappa shape index (κ3) is 13.1. The summed E-state index contributed by atoms with van der Waals surface area (Å²) in [6, 6.07) is 107. The van der Waals surface area contributed by atoms with E-state index in [1.807, 2.05) is 24.3 Å². The van der Waals surface area contributed by atoms with Crippen molar-refractivity contribution in [3.8, 4) is 95.1 Å². The van der Waals surface area contributed by atoms with Gasteiger partial charge in [0.2, 0.25) is 0 Å². The molecular formula is C100H91BN4. The lowest BCUT2D eigenvalue weighted by Gasteiger charge is -2.46. The van der Waals surface area contributed by atoms with E-state index in [4.69, 9.17) is 6.57 Å². The van der Waals surface area contributed by atoms with Crippen LogP contribution < -0.4 is 26.2 Å². The van der Waals surface area contributed by atoms with Crippen molar-refractivity contribution < 1.29 is 0 Å². The van der Waals surface area contributed by atoms with E-state index in [0.717, 1.165) is 123 Å². The first-order chi connectivity index (χ1) is 50.1. The fourth-order valence-corrected chi connectivity index (χ4v) is 15.5. The van der Waals surface area contributed by atoms with Crippen LogP contribution in [0.15, 0.2) is 279 Å². The van der Waals surface area contributed by atoms with Crippen LogP contribution in [0.5, 0.6) is 0 Å². The van der Waals surface area contributed by atoms with Crippen molar-refractivity contribution in [3.05, 3.63) is 324 Å². The minimum atomic E-state index is -0.366. The second kappa shape index (κ2) is 26.3. The van der Waals surface area contributed by atoms with Crippen LogP contribution in [0.25, 0.3) is 93.9 Å². The number of anilines is 6. The normalized spacial score (nSPS) is 12.8. The van der Waals surface area contributed by atoms with Gasteiger partial charge < -0.3 is 9.80 Å². The first-order valence-electron chi connectivity index (χ1n) is 37.1. The summed E-state index contributed by atoms with van der Waals surface area (Å²) < 4.78 is 0. The molecule has 2 aliphatic rings. The maximum absolute atomic E-state index is 10.2. The van der Waals surface area contributed by atoms with Gasteiger partial charge in [0.05, 0.1) is 29.6 Å². The van der Waals surface area contributed by atoms with Gasteiger partial charge in [0.1, 0.15) is 0 Å². The summed E-state index contributed by atoms with van der Waals surface area (Å²) in [6.45, 7) is 43.0. The number of fused-ring (bicyclic) bond motifs is 4. The molecule has 0 amide bonds. The summed E-state index contributed by atoms with van der Waals surface area (Å²) in [6.07, 6.45) is 0. The van der Waals surface area contributed by atoms with E-state index in [9.17, 15) is 5.26 Å². The van der Waals surface area contributed by atoms with Crippen molar-refractivity contribution in [3.63, 3.8) is 0 Å². The molecule has 0 spiro atoms. The first kappa shape index (κ1) is 69.2. The average Bonchev–Trinajstić information content (AvgIpc) is 0.690. The van der Waals surface area contributed by atoms with Gasteiger partial charge in [-0.15, -0.1) is 0 Å². The SMILES string of the molecule is [C-]#[N+]c1ccc(-c2cc(-c3ccccc3)c(N3c4ccc(-c5ccccc5)cc4B4c5cc(-c6ccccc6)ccc5N(c5c(-c6ccccc6)cc(-c6ccc(C#N)cc6)cc5-c5cc(C(C)(C)C)cc(C(C)(C)C)c5)c5cc(C(C)(C)C)cc3c54)c(-c3cc(C(C)(C)C)cc(C(C)(C)C)c3)c2)cc1. The Bertz CT molecular complexity index is 5200. The molecule has 514 valence electrons. The van der Waals surface area contributed by atoms with Crippen molar-refractivity contribution >= 4 is 62.9 Å². The van der Waals surface area contributed by atoms with Gasteiger partial charge >= 0.3 is 0 Å². The third-order valence-corrected chi connectivity index (χ3v) is 21.6. The fraction of sp³-hybridized carbons (Fsp3) is 0.200. The van der Waals surface area contributed by atoms with Crippen LogP contribution in [0.2, 0.25) is 0 Å². The van der Waals surface area contributed by atoms with Crippen LogP contribution in [0.1, 0.15) is 137 Å². The molecule has 4 nitrogen and oxygen atoms in total. The van der Waals surface area contributed by atoms with Crippen molar-refractivity contribution in [2.75, 3.05) is 9.80 Å². The quantitative estimate of drug-likeness (QED) is 0.101. The highest BCUT2D eigenvalue weighted by molar-refractivity contribution is 7.00. The Morgan fingerprint density at radius 3 is 0.905 bits per heavy atom. The van der Waals surface area contributed by atoms with Gasteiger partial charge in [-0.05, 0) is 199 Å². The monoisotopic (exact) mass is 1360 g/mol. The lowest BCUT2D eigenvalue weighted by atomic mass is 9.33. The number of benzene rings is 13. The van der Waals surface area contributed by atoms with E-state index in [2.05, 4.69) is 379 Å². The van der Waals surface area contributed by atoms with E-state index in [-0.39, 0.29) is 33.8 Å². The van der Waals surface area contributed by atoms with Gasteiger partial charge in [-0.25, -0.2) is 4.85 Å². The molecule has 13 aromatic rings. The zero-order valence-electron chi connectivity index (χ0n) is 63.4. The molecule has 0 radical (unpaired) electrons. The molecule has 0 atom stereocenters. The van der Waals surface area contributed by atoms with Crippen LogP contribution in [0.4, 0.5) is 39.8 Å². The molecular weight excluding hydrogens is 1270 g/mol. The standard InChI is InChI=1S/C100H91BN4/c1-96(2,3)77-49-75(50-78(59-77)97(4,5)6)85-55-73(67-39-37-64(63-102)38-40-67)53-83(69-33-25-19-26-34-69)94(85)104-89-47-43-71(65-29-21-17-22-30-65)57-87(89)101-88-58-72(66-31-23-18-24-32-66)44-48-90(88)105(92-62-81(100(13,14)15)61-91(104)93(92)101)95-84(70-35-27-20-28-36-70)54-74(68-41-45-82(103-16)46-42-68)56-86(95)76-51-79(98(7,8)9)60-80(52-76)99(10,11)12/h17-62H,1-15H3. The van der Waals surface area contributed by atoms with Gasteiger partial charge in [0, 0.05) is 45.0 Å². The zero-order chi connectivity index (χ0) is 73.6. The summed E-state index contributed by atoms with van der Waals surface area (Å²) >= 11 is 0. The molecule has 0 unspecified atom stereocenters. The van der Waals surface area contributed by atoms with Gasteiger partial charge in [-0.2, -0.15) is 5.26 Å². The summed E-state index contributed by atoms with van der Waals surface area (Å²) in [5.41, 5.74) is 34.1. The summed E-state index contributed by atoms with van der Waals surface area (Å²) in [4.78, 5) is 9.25. The molecule has 0 N–H and O–H groups in total. The Morgan fingerprint density at radius 1 is 0.286 bits per heavy atom. The molecule has 105 heavy (non-hydrogen) atoms. The van der Waals surface area contributed by atoms with E-state index in [1.54, 1.807) is 0 Å². The highest BCUT2D eigenvalue weighted by Gasteiger charge is 2.47. The van der Waals surface area contributed by atoms with Crippen molar-refractivity contribution in [2.45, 2.75) is 131 Å². The summed E-state index contributed by atoms with van der Waals surface area (Å²) in [7, 11) is 0. The number of nitriles is 1. The molecule has 2 heterocycles. The number of hydrogen-bond acceptors (Lipinski definition) is 3. The maximum atomic E-state index is 10.2. The van der Waals surface area contributed by atoms with E-state index in [1.165, 1.54) is 44.2 Å². The molecule has 0 aliphatic carbocycles. The Morgan fingerprint density at radius 2 is 0.581 bits per heavy atom. The molecule has 13 aromatic carbocycles. The second-order valence-electron chi connectivity index (χ2n) is 34.1. The van der Waals surface area contributed by atoms with Crippen molar-refractivity contribution in [2.24, 2.45) is 0 Å². The molecule has 15 rings (SSSR count). The van der Waals surface area contributed by atoms with Crippen LogP contribution in [0, 0.1) is 17.9 Å². The van der Waals surface area contributed by atoms with Gasteiger partial charge in [0.25, 0.3) is 6.71 Å². The van der Waals surface area contributed by atoms with Gasteiger partial charge in [0.15, 0.2) is 5.69 Å². The molecule has 5 heteroatoms. The van der Waals surface area contributed by atoms with Crippen LogP contribution in [-0.4, -0.2) is 6.71 Å². The molecule has 0 saturated heterocycles. The highest BCUT2D eigenvalue weighted by Crippen LogP contribution is 2.56. The molecule has 0 aromatic heterocycles. The largest absolute Gasteiger partial charge is 0.310 e. The van der Waals surface area contributed by atoms with E-state index >= 15 is 0 Å². The third-order valence-electron chi connectivity index (χ3n) is 21.6. The minimum Gasteiger partial charge on any atom is -0.310 e. The molecule has 0 saturated carbocycles. The van der Waals surface area contributed by atoms with E-state index < -0.39 is 0 Å². The second-order valence-corrected chi connectivity index (χ2v) is 34.1. The van der Waals surface area contributed by atoms with E-state index in [0.29, 0.717) is 11.3 Å². The number of rotatable bonds is 10. The smallest absolute Gasteiger partial charge is 0.252 e. The highest BCUT2D eigenvalue weighted by atomic mass is 15.2. The van der Waals surface area contributed by atoms with Crippen LogP contribution in [-0.2, 0) is 27.1 Å². The molecule has 0 fully saturated rings. The summed E-state index contributed by atoms with van der Waals surface area (Å²) in [5, 5.41) is 10.2.